The number of rotatable bonds is 5. The summed E-state index contributed by atoms with van der Waals surface area (Å²) in [5.74, 6) is 6.31. The quantitative estimate of drug-likeness (QED) is 0.395. The van der Waals surface area contributed by atoms with E-state index in [4.69, 9.17) is 11.6 Å². The molecule has 0 fully saturated rings. The first-order valence-electron chi connectivity index (χ1n) is 4.42. The summed E-state index contributed by atoms with van der Waals surface area (Å²) < 4.78 is 0. The number of thiazole rings is 1. The highest BCUT2D eigenvalue weighted by Gasteiger charge is 2.09. The van der Waals surface area contributed by atoms with Crippen LogP contribution in [-0.4, -0.2) is 22.7 Å². The molecule has 5 nitrogen and oxygen atoms in total. The van der Waals surface area contributed by atoms with Crippen molar-refractivity contribution in [1.82, 2.24) is 10.4 Å². The van der Waals surface area contributed by atoms with E-state index in [1.807, 2.05) is 12.3 Å². The largest absolute Gasteiger partial charge is 0.327 e. The fourth-order valence-electron chi connectivity index (χ4n) is 0.889. The highest BCUT2D eigenvalue weighted by Crippen LogP contribution is 2.15. The molecule has 1 aromatic rings. The number of carbonyl (C=O) groups excluding carboxylic acids is 1. The number of nitrogens with zero attached hydrogens (tertiary/aromatic N) is 1. The number of carbonyl (C=O) groups is 1. The van der Waals surface area contributed by atoms with Crippen LogP contribution in [0.1, 0.15) is 22.4 Å². The molecule has 0 bridgehead atoms. The van der Waals surface area contributed by atoms with Crippen molar-refractivity contribution in [2.75, 3.05) is 5.75 Å². The minimum atomic E-state index is -0.344. The first-order chi connectivity index (χ1) is 7.13. The molecule has 15 heavy (non-hydrogen) atoms. The van der Waals surface area contributed by atoms with Crippen molar-refractivity contribution in [2.45, 2.75) is 18.7 Å². The minimum Gasteiger partial charge on any atom is -0.327 e. The second-order valence-corrected chi connectivity index (χ2v) is 5.00. The van der Waals surface area contributed by atoms with Crippen LogP contribution in [0, 0.1) is 0 Å². The molecule has 1 aromatic heterocycles. The Bertz CT molecular complexity index is 326. The molecule has 0 aliphatic heterocycles. The SMILES string of the molecule is CC(N)CSCc1csc(C(=O)NN)n1. The topological polar surface area (TPSA) is 94.0 Å². The maximum absolute atomic E-state index is 11.1. The number of hydrogen-bond donors (Lipinski definition) is 3. The number of thioether (sulfide) groups is 1. The van der Waals surface area contributed by atoms with Gasteiger partial charge in [-0.3, -0.25) is 10.2 Å². The van der Waals surface area contributed by atoms with Crippen molar-refractivity contribution in [3.63, 3.8) is 0 Å². The van der Waals surface area contributed by atoms with Crippen LogP contribution in [0.5, 0.6) is 0 Å². The van der Waals surface area contributed by atoms with E-state index in [0.29, 0.717) is 5.01 Å². The number of amides is 1. The van der Waals surface area contributed by atoms with Crippen LogP contribution in [0.4, 0.5) is 0 Å². The lowest BCUT2D eigenvalue weighted by Crippen LogP contribution is -2.29. The van der Waals surface area contributed by atoms with E-state index in [-0.39, 0.29) is 11.9 Å². The zero-order chi connectivity index (χ0) is 11.3. The zero-order valence-corrected chi connectivity index (χ0v) is 10.0. The Kier molecular flexibility index (Phi) is 5.03. The molecular weight excluding hydrogens is 232 g/mol. The van der Waals surface area contributed by atoms with E-state index in [1.165, 1.54) is 11.3 Å². The van der Waals surface area contributed by atoms with Crippen LogP contribution >= 0.6 is 23.1 Å². The molecule has 1 amide bonds. The van der Waals surface area contributed by atoms with Crippen LogP contribution in [-0.2, 0) is 5.75 Å². The smallest absolute Gasteiger partial charge is 0.294 e. The first-order valence-corrected chi connectivity index (χ1v) is 6.45. The predicted molar refractivity (Wildman–Crippen MR) is 63.6 cm³/mol. The Morgan fingerprint density at radius 3 is 3.13 bits per heavy atom. The summed E-state index contributed by atoms with van der Waals surface area (Å²) in [7, 11) is 0. The van der Waals surface area contributed by atoms with E-state index in [2.05, 4.69) is 10.4 Å². The highest BCUT2D eigenvalue weighted by molar-refractivity contribution is 7.98. The van der Waals surface area contributed by atoms with Gasteiger partial charge in [0, 0.05) is 22.9 Å². The maximum atomic E-state index is 11.1. The molecule has 0 saturated carbocycles. The minimum absolute atomic E-state index is 0.181. The van der Waals surface area contributed by atoms with Crippen molar-refractivity contribution in [3.05, 3.63) is 16.1 Å². The fourth-order valence-corrected chi connectivity index (χ4v) is 2.56. The third-order valence-electron chi connectivity index (χ3n) is 1.51. The molecule has 0 saturated heterocycles. The van der Waals surface area contributed by atoms with E-state index in [1.54, 1.807) is 11.8 Å². The molecule has 0 aliphatic carbocycles. The molecule has 5 N–H and O–H groups in total. The van der Waals surface area contributed by atoms with Crippen LogP contribution in [0.3, 0.4) is 0 Å². The van der Waals surface area contributed by atoms with Crippen LogP contribution in [0.15, 0.2) is 5.38 Å². The predicted octanol–water partition coefficient (Wildman–Crippen LogP) is 0.327. The molecular formula is C8H14N4OS2. The summed E-state index contributed by atoms with van der Waals surface area (Å²) in [5, 5.41) is 2.26. The Hall–Kier alpha value is -0.630. The van der Waals surface area contributed by atoms with E-state index < -0.39 is 0 Å². The number of hydrogen-bond acceptors (Lipinski definition) is 6. The van der Waals surface area contributed by atoms with Crippen molar-refractivity contribution in [2.24, 2.45) is 11.6 Å². The summed E-state index contributed by atoms with van der Waals surface area (Å²) in [6.45, 7) is 1.96. The summed E-state index contributed by atoms with van der Waals surface area (Å²) in [6, 6.07) is 0.181. The fraction of sp³-hybridized carbons (Fsp3) is 0.500. The first kappa shape index (κ1) is 12.4. The normalized spacial score (nSPS) is 12.5. The summed E-state index contributed by atoms with van der Waals surface area (Å²) in [5.41, 5.74) is 8.56. The van der Waals surface area contributed by atoms with Crippen LogP contribution in [0.2, 0.25) is 0 Å². The maximum Gasteiger partial charge on any atom is 0.294 e. The molecule has 1 atom stereocenters. The van der Waals surface area contributed by atoms with Gasteiger partial charge in [0.25, 0.3) is 5.91 Å². The molecule has 84 valence electrons. The number of hydrazine groups is 1. The van der Waals surface area contributed by atoms with E-state index in [9.17, 15) is 4.79 Å². The zero-order valence-electron chi connectivity index (χ0n) is 8.40. The van der Waals surface area contributed by atoms with Gasteiger partial charge < -0.3 is 5.73 Å². The molecule has 1 rings (SSSR count). The molecule has 1 unspecified atom stereocenters. The van der Waals surface area contributed by atoms with E-state index in [0.717, 1.165) is 17.2 Å². The number of nitrogens with two attached hydrogens (primary N) is 2. The summed E-state index contributed by atoms with van der Waals surface area (Å²) in [6.07, 6.45) is 0. The van der Waals surface area contributed by atoms with Crippen LogP contribution in [0.25, 0.3) is 0 Å². The van der Waals surface area contributed by atoms with Gasteiger partial charge in [-0.1, -0.05) is 0 Å². The van der Waals surface area contributed by atoms with Gasteiger partial charge in [-0.05, 0) is 6.92 Å². The molecule has 0 radical (unpaired) electrons. The molecule has 1 heterocycles. The monoisotopic (exact) mass is 246 g/mol. The van der Waals surface area contributed by atoms with Gasteiger partial charge >= 0.3 is 0 Å². The number of nitrogen functional groups attached to an aromatic ring is 1. The van der Waals surface area contributed by atoms with Gasteiger partial charge in [0.2, 0.25) is 0 Å². The third kappa shape index (κ3) is 4.17. The van der Waals surface area contributed by atoms with Crippen molar-refractivity contribution >= 4 is 29.0 Å². The molecule has 0 aliphatic rings. The lowest BCUT2D eigenvalue weighted by atomic mass is 10.4. The Morgan fingerprint density at radius 2 is 2.53 bits per heavy atom. The lowest BCUT2D eigenvalue weighted by molar-refractivity contribution is 0.0953. The Labute approximate surface area is 96.6 Å². The number of nitrogens with one attached hydrogen (secondary N) is 1. The average molecular weight is 246 g/mol. The van der Waals surface area contributed by atoms with Crippen molar-refractivity contribution < 1.29 is 4.79 Å². The van der Waals surface area contributed by atoms with E-state index >= 15 is 0 Å². The van der Waals surface area contributed by atoms with Crippen molar-refractivity contribution in [3.8, 4) is 0 Å². The number of aromatic nitrogens is 1. The molecule has 0 spiro atoms. The van der Waals surface area contributed by atoms with Gasteiger partial charge in [-0.15, -0.1) is 11.3 Å². The second kappa shape index (κ2) is 6.06. The van der Waals surface area contributed by atoms with Crippen molar-refractivity contribution in [1.29, 1.82) is 0 Å². The van der Waals surface area contributed by atoms with Gasteiger partial charge in [0.15, 0.2) is 5.01 Å². The highest BCUT2D eigenvalue weighted by atomic mass is 32.2. The average Bonchev–Trinajstić information content (AvgIpc) is 2.65. The summed E-state index contributed by atoms with van der Waals surface area (Å²) in [4.78, 5) is 15.2. The second-order valence-electron chi connectivity index (χ2n) is 3.11. The van der Waals surface area contributed by atoms with Crippen LogP contribution < -0.4 is 17.0 Å². The summed E-state index contributed by atoms with van der Waals surface area (Å²) >= 11 is 3.00. The van der Waals surface area contributed by atoms with Gasteiger partial charge in [0.1, 0.15) is 0 Å². The van der Waals surface area contributed by atoms with Gasteiger partial charge in [-0.2, -0.15) is 11.8 Å². The Balaban J connectivity index is 2.43. The standard InChI is InChI=1S/C8H14N4OS2/c1-5(9)2-14-3-6-4-15-8(11-6)7(13)12-10/h4-5H,2-3,9-10H2,1H3,(H,12,13). The lowest BCUT2D eigenvalue weighted by Gasteiger charge is -2.02. The molecule has 0 aromatic carbocycles. The Morgan fingerprint density at radius 1 is 1.80 bits per heavy atom. The van der Waals surface area contributed by atoms with Gasteiger partial charge in [-0.25, -0.2) is 10.8 Å². The third-order valence-corrected chi connectivity index (χ3v) is 3.66. The molecule has 7 heteroatoms. The van der Waals surface area contributed by atoms with Gasteiger partial charge in [0.05, 0.1) is 5.69 Å².